The van der Waals surface area contributed by atoms with Gasteiger partial charge in [-0.3, -0.25) is 0 Å². The van der Waals surface area contributed by atoms with Crippen molar-refractivity contribution in [3.05, 3.63) is 17.0 Å². The highest BCUT2D eigenvalue weighted by molar-refractivity contribution is 8.00. The fourth-order valence-electron chi connectivity index (χ4n) is 2.05. The van der Waals surface area contributed by atoms with E-state index in [2.05, 4.69) is 13.8 Å². The van der Waals surface area contributed by atoms with Crippen LogP contribution >= 0.6 is 23.1 Å². The summed E-state index contributed by atoms with van der Waals surface area (Å²) in [6.07, 6.45) is 0. The van der Waals surface area contributed by atoms with E-state index in [0.29, 0.717) is 34.3 Å². The van der Waals surface area contributed by atoms with Gasteiger partial charge in [-0.05, 0) is 17.0 Å². The van der Waals surface area contributed by atoms with Crippen molar-refractivity contribution in [1.29, 1.82) is 0 Å². The maximum absolute atomic E-state index is 12.5. The zero-order valence-corrected chi connectivity index (χ0v) is 12.9. The van der Waals surface area contributed by atoms with Crippen LogP contribution in [0.15, 0.2) is 15.7 Å². The molecule has 1 fully saturated rings. The predicted molar refractivity (Wildman–Crippen MR) is 77.5 cm³/mol. The molecule has 0 saturated carbocycles. The molecular weight excluding hydrogens is 288 g/mol. The molecule has 0 amide bonds. The summed E-state index contributed by atoms with van der Waals surface area (Å²) in [6, 6.07) is 1.69. The second-order valence-corrected chi connectivity index (χ2v) is 9.52. The molecule has 102 valence electrons. The summed E-state index contributed by atoms with van der Waals surface area (Å²) in [4.78, 5) is 0. The van der Waals surface area contributed by atoms with Crippen LogP contribution in [-0.2, 0) is 16.6 Å². The lowest BCUT2D eigenvalue weighted by molar-refractivity contribution is 0.406. The number of thioether (sulfide) groups is 1. The molecule has 2 atom stereocenters. The van der Waals surface area contributed by atoms with Crippen LogP contribution in [0.25, 0.3) is 0 Å². The van der Waals surface area contributed by atoms with E-state index in [4.69, 9.17) is 5.73 Å². The summed E-state index contributed by atoms with van der Waals surface area (Å²) >= 11 is 3.10. The molecule has 7 heteroatoms. The second-order valence-electron chi connectivity index (χ2n) is 4.56. The Bertz CT molecular complexity index is 502. The predicted octanol–water partition coefficient (Wildman–Crippen LogP) is 1.72. The van der Waals surface area contributed by atoms with Crippen LogP contribution < -0.4 is 5.73 Å². The summed E-state index contributed by atoms with van der Waals surface area (Å²) in [5.41, 5.74) is 6.40. The van der Waals surface area contributed by atoms with Crippen molar-refractivity contribution in [2.45, 2.75) is 35.1 Å². The summed E-state index contributed by atoms with van der Waals surface area (Å²) in [7, 11) is -3.33. The number of thiophene rings is 1. The smallest absolute Gasteiger partial charge is 0.252 e. The van der Waals surface area contributed by atoms with Crippen molar-refractivity contribution in [3.8, 4) is 0 Å². The Morgan fingerprint density at radius 1 is 1.39 bits per heavy atom. The molecule has 2 N–H and O–H groups in total. The Morgan fingerprint density at radius 3 is 2.50 bits per heavy atom. The minimum atomic E-state index is -3.33. The van der Waals surface area contributed by atoms with Gasteiger partial charge >= 0.3 is 0 Å². The quantitative estimate of drug-likeness (QED) is 0.923. The van der Waals surface area contributed by atoms with Crippen LogP contribution in [0.4, 0.5) is 0 Å². The van der Waals surface area contributed by atoms with Gasteiger partial charge in [-0.25, -0.2) is 8.42 Å². The average molecular weight is 306 g/mol. The first-order valence-electron chi connectivity index (χ1n) is 5.86. The zero-order valence-electron chi connectivity index (χ0n) is 10.5. The molecule has 1 aromatic rings. The highest BCUT2D eigenvalue weighted by atomic mass is 32.2. The van der Waals surface area contributed by atoms with Crippen molar-refractivity contribution in [1.82, 2.24) is 4.31 Å². The van der Waals surface area contributed by atoms with Crippen LogP contribution in [0.3, 0.4) is 0 Å². The fraction of sp³-hybridized carbons (Fsp3) is 0.636. The summed E-state index contributed by atoms with van der Waals surface area (Å²) in [5.74, 6) is 0. The third kappa shape index (κ3) is 2.91. The number of rotatable bonds is 3. The van der Waals surface area contributed by atoms with Gasteiger partial charge < -0.3 is 5.73 Å². The SMILES string of the molecule is CC1CN(S(=O)(=O)c2cc(CN)cs2)CC(C)S1. The Hall–Kier alpha value is -0.0800. The molecule has 0 bridgehead atoms. The molecule has 0 aromatic carbocycles. The third-order valence-electron chi connectivity index (χ3n) is 2.85. The van der Waals surface area contributed by atoms with Gasteiger partial charge in [0.05, 0.1) is 0 Å². The highest BCUT2D eigenvalue weighted by Crippen LogP contribution is 2.31. The van der Waals surface area contributed by atoms with E-state index in [0.717, 1.165) is 5.56 Å². The molecule has 1 aromatic heterocycles. The first-order chi connectivity index (χ1) is 8.43. The lowest BCUT2D eigenvalue weighted by Gasteiger charge is -2.33. The third-order valence-corrected chi connectivity index (χ3v) is 7.37. The number of sulfonamides is 1. The lowest BCUT2D eigenvalue weighted by Crippen LogP contribution is -2.43. The molecule has 2 unspecified atom stereocenters. The van der Waals surface area contributed by atoms with Gasteiger partial charge in [-0.1, -0.05) is 13.8 Å². The van der Waals surface area contributed by atoms with Crippen LogP contribution in [0.5, 0.6) is 0 Å². The van der Waals surface area contributed by atoms with Crippen LogP contribution in [0, 0.1) is 0 Å². The van der Waals surface area contributed by atoms with E-state index in [1.54, 1.807) is 10.4 Å². The standard InChI is InChI=1S/C11H18N2O2S3/c1-8-5-13(6-9(2)17-8)18(14,15)11-3-10(4-12)7-16-11/h3,7-9H,4-6,12H2,1-2H3. The lowest BCUT2D eigenvalue weighted by atomic mass is 10.4. The van der Waals surface area contributed by atoms with Crippen molar-refractivity contribution >= 4 is 33.1 Å². The molecule has 4 nitrogen and oxygen atoms in total. The van der Waals surface area contributed by atoms with E-state index in [1.165, 1.54) is 11.3 Å². The van der Waals surface area contributed by atoms with Gasteiger partial charge in [0, 0.05) is 30.1 Å². The van der Waals surface area contributed by atoms with Crippen molar-refractivity contribution < 1.29 is 8.42 Å². The molecule has 2 heterocycles. The van der Waals surface area contributed by atoms with Gasteiger partial charge in [-0.15, -0.1) is 11.3 Å². The summed E-state index contributed by atoms with van der Waals surface area (Å²) < 4.78 is 27.0. The van der Waals surface area contributed by atoms with E-state index in [1.807, 2.05) is 17.1 Å². The number of nitrogens with zero attached hydrogens (tertiary/aromatic N) is 1. The van der Waals surface area contributed by atoms with Crippen LogP contribution in [-0.4, -0.2) is 36.3 Å². The van der Waals surface area contributed by atoms with Gasteiger partial charge in [0.2, 0.25) is 0 Å². The minimum Gasteiger partial charge on any atom is -0.326 e. The van der Waals surface area contributed by atoms with Gasteiger partial charge in [0.1, 0.15) is 4.21 Å². The van der Waals surface area contributed by atoms with Crippen molar-refractivity contribution in [3.63, 3.8) is 0 Å². The molecule has 18 heavy (non-hydrogen) atoms. The number of hydrogen-bond acceptors (Lipinski definition) is 5. The van der Waals surface area contributed by atoms with Crippen molar-refractivity contribution in [2.75, 3.05) is 13.1 Å². The molecule has 0 aliphatic carbocycles. The number of hydrogen-bond donors (Lipinski definition) is 1. The van der Waals surface area contributed by atoms with E-state index >= 15 is 0 Å². The fourth-order valence-corrected chi connectivity index (χ4v) is 6.56. The highest BCUT2D eigenvalue weighted by Gasteiger charge is 2.32. The summed E-state index contributed by atoms with van der Waals surface area (Å²) in [5, 5.41) is 2.51. The molecule has 1 aliphatic heterocycles. The van der Waals surface area contributed by atoms with Gasteiger partial charge in [0.25, 0.3) is 10.0 Å². The van der Waals surface area contributed by atoms with Crippen LogP contribution in [0.2, 0.25) is 0 Å². The largest absolute Gasteiger partial charge is 0.326 e. The molecule has 0 spiro atoms. The first kappa shape index (κ1) is 14.3. The summed E-state index contributed by atoms with van der Waals surface area (Å²) in [6.45, 7) is 5.71. The number of nitrogens with two attached hydrogens (primary N) is 1. The molecule has 1 aliphatic rings. The zero-order chi connectivity index (χ0) is 13.3. The maximum atomic E-state index is 12.5. The second kappa shape index (κ2) is 5.50. The Kier molecular flexibility index (Phi) is 4.38. The average Bonchev–Trinajstić information content (AvgIpc) is 2.76. The van der Waals surface area contributed by atoms with Gasteiger partial charge in [0.15, 0.2) is 0 Å². The van der Waals surface area contributed by atoms with Gasteiger partial charge in [-0.2, -0.15) is 16.1 Å². The van der Waals surface area contributed by atoms with Crippen LogP contribution in [0.1, 0.15) is 19.4 Å². The van der Waals surface area contributed by atoms with E-state index < -0.39 is 10.0 Å². The Labute approximate surface area is 117 Å². The van der Waals surface area contributed by atoms with Crippen molar-refractivity contribution in [2.24, 2.45) is 5.73 Å². The van der Waals surface area contributed by atoms with E-state index in [-0.39, 0.29) is 0 Å². The molecule has 2 rings (SSSR count). The molecule has 0 radical (unpaired) electrons. The molecule has 1 saturated heterocycles. The minimum absolute atomic E-state index is 0.345. The topological polar surface area (TPSA) is 63.4 Å². The Morgan fingerprint density at radius 2 is 2.00 bits per heavy atom. The monoisotopic (exact) mass is 306 g/mol. The normalized spacial score (nSPS) is 26.4. The Balaban J connectivity index is 2.25. The molecular formula is C11H18N2O2S3. The first-order valence-corrected chi connectivity index (χ1v) is 9.13. The van der Waals surface area contributed by atoms with E-state index in [9.17, 15) is 8.42 Å². The maximum Gasteiger partial charge on any atom is 0.252 e.